The Bertz CT molecular complexity index is 1210. The van der Waals surface area contributed by atoms with Crippen molar-refractivity contribution in [1.29, 1.82) is 5.26 Å². The highest BCUT2D eigenvalue weighted by molar-refractivity contribution is 6.08. The van der Waals surface area contributed by atoms with E-state index in [2.05, 4.69) is 10.2 Å². The van der Waals surface area contributed by atoms with E-state index >= 15 is 0 Å². The lowest BCUT2D eigenvalue weighted by molar-refractivity contribution is -0.137. The summed E-state index contributed by atoms with van der Waals surface area (Å²) in [6.07, 6.45) is -2.70. The Labute approximate surface area is 208 Å². The summed E-state index contributed by atoms with van der Waals surface area (Å²) in [5.74, 6) is -1.41. The fraction of sp³-hybridized carbons (Fsp3) is 0.444. The largest absolute Gasteiger partial charge is 0.416 e. The fourth-order valence-electron chi connectivity index (χ4n) is 5.44. The quantitative estimate of drug-likeness (QED) is 0.637. The van der Waals surface area contributed by atoms with Gasteiger partial charge >= 0.3 is 6.18 Å². The predicted octanol–water partition coefficient (Wildman–Crippen LogP) is 4.90. The van der Waals surface area contributed by atoms with Crippen LogP contribution in [0, 0.1) is 36.5 Å². The van der Waals surface area contributed by atoms with Gasteiger partial charge in [0.05, 0.1) is 28.5 Å². The molecule has 190 valence electrons. The summed E-state index contributed by atoms with van der Waals surface area (Å²) < 4.78 is 40.2. The van der Waals surface area contributed by atoms with Crippen LogP contribution < -0.4 is 10.2 Å². The van der Waals surface area contributed by atoms with Crippen LogP contribution in [0.15, 0.2) is 36.4 Å². The molecule has 2 saturated heterocycles. The summed E-state index contributed by atoms with van der Waals surface area (Å²) in [6, 6.07) is 10.3. The van der Waals surface area contributed by atoms with Crippen LogP contribution in [0.1, 0.15) is 42.0 Å². The zero-order valence-electron chi connectivity index (χ0n) is 20.6. The lowest BCUT2D eigenvalue weighted by atomic mass is 9.77. The molecule has 2 atom stereocenters. The summed E-state index contributed by atoms with van der Waals surface area (Å²) in [5, 5.41) is 11.9. The molecule has 2 aliphatic heterocycles. The van der Waals surface area contributed by atoms with Gasteiger partial charge in [-0.2, -0.15) is 18.4 Å². The average molecular weight is 499 g/mol. The highest BCUT2D eigenvalue weighted by atomic mass is 19.4. The first-order valence-corrected chi connectivity index (χ1v) is 12.0. The summed E-state index contributed by atoms with van der Waals surface area (Å²) >= 11 is 0. The van der Waals surface area contributed by atoms with Gasteiger partial charge in [0.2, 0.25) is 11.8 Å². The smallest absolute Gasteiger partial charge is 0.325 e. The Morgan fingerprint density at radius 2 is 1.81 bits per heavy atom. The maximum Gasteiger partial charge on any atom is 0.416 e. The summed E-state index contributed by atoms with van der Waals surface area (Å²) in [5.41, 5.74) is 0.0548. The van der Waals surface area contributed by atoms with Crippen molar-refractivity contribution in [3.63, 3.8) is 0 Å². The number of halogens is 3. The molecule has 2 amide bonds. The van der Waals surface area contributed by atoms with Gasteiger partial charge in [-0.25, -0.2) is 0 Å². The van der Waals surface area contributed by atoms with Crippen molar-refractivity contribution in [3.8, 4) is 6.07 Å². The van der Waals surface area contributed by atoms with Crippen LogP contribution >= 0.6 is 0 Å². The maximum absolute atomic E-state index is 13.9. The number of nitriles is 1. The minimum absolute atomic E-state index is 0.114. The first kappa shape index (κ1) is 25.7. The van der Waals surface area contributed by atoms with Crippen molar-refractivity contribution in [3.05, 3.63) is 58.7 Å². The van der Waals surface area contributed by atoms with Crippen LogP contribution in [0.4, 0.5) is 24.5 Å². The number of benzene rings is 2. The molecule has 0 radical (unpaired) electrons. The van der Waals surface area contributed by atoms with E-state index in [1.165, 1.54) is 6.07 Å². The van der Waals surface area contributed by atoms with E-state index in [1.807, 2.05) is 32.0 Å². The number of amides is 2. The number of alkyl halides is 3. The first-order chi connectivity index (χ1) is 17.0. The van der Waals surface area contributed by atoms with Crippen LogP contribution in [-0.2, 0) is 15.8 Å². The lowest BCUT2D eigenvalue weighted by Crippen LogP contribution is -2.50. The molecule has 2 aromatic rings. The Hall–Kier alpha value is -3.38. The molecule has 0 aromatic heterocycles. The summed E-state index contributed by atoms with van der Waals surface area (Å²) in [6.45, 7) is 7.56. The van der Waals surface area contributed by atoms with Gasteiger partial charge in [0.1, 0.15) is 0 Å². The van der Waals surface area contributed by atoms with Crippen molar-refractivity contribution in [2.45, 2.75) is 39.8 Å². The normalized spacial score (nSPS) is 22.6. The molecule has 2 aliphatic rings. The average Bonchev–Trinajstić information content (AvgIpc) is 3.41. The van der Waals surface area contributed by atoms with Gasteiger partial charge in [0.25, 0.3) is 0 Å². The van der Waals surface area contributed by atoms with Gasteiger partial charge in [0, 0.05) is 24.5 Å². The summed E-state index contributed by atoms with van der Waals surface area (Å²) in [7, 11) is 0. The number of hydrogen-bond acceptors (Lipinski definition) is 4. The number of carbonyl (C=O) groups is 2. The zero-order chi connectivity index (χ0) is 26.3. The van der Waals surface area contributed by atoms with Crippen LogP contribution in [0.25, 0.3) is 0 Å². The Kier molecular flexibility index (Phi) is 6.84. The topological polar surface area (TPSA) is 76.4 Å². The van der Waals surface area contributed by atoms with Gasteiger partial charge in [-0.1, -0.05) is 25.1 Å². The molecule has 0 spiro atoms. The monoisotopic (exact) mass is 498 g/mol. The molecule has 36 heavy (non-hydrogen) atoms. The molecule has 0 unspecified atom stereocenters. The van der Waals surface area contributed by atoms with Gasteiger partial charge < -0.3 is 15.1 Å². The molecule has 1 N–H and O–H groups in total. The van der Waals surface area contributed by atoms with Gasteiger partial charge in [0.15, 0.2) is 0 Å². The van der Waals surface area contributed by atoms with Crippen molar-refractivity contribution >= 4 is 23.2 Å². The standard InChI is InChI=1S/C27H29F3N4O2/c1-17-7-6-8-18(2)23(17)34-16-26(19(3)24(34)35,15-33-9-4-5-10-33)25(36)32-22-12-20(14-31)11-21(13-22)27(28,29)30/h6-8,11-13,19H,4-5,9-10,15-16H2,1-3H3,(H,32,36)/t19-,26-/m1/s1. The molecule has 6 nitrogen and oxygen atoms in total. The van der Waals surface area contributed by atoms with Crippen LogP contribution in [-0.4, -0.2) is 42.9 Å². The second-order valence-corrected chi connectivity index (χ2v) is 9.89. The molecule has 4 rings (SSSR count). The van der Waals surface area contributed by atoms with E-state index in [0.29, 0.717) is 6.54 Å². The Morgan fingerprint density at radius 1 is 1.17 bits per heavy atom. The van der Waals surface area contributed by atoms with E-state index in [9.17, 15) is 28.0 Å². The molecule has 0 bridgehead atoms. The van der Waals surface area contributed by atoms with Gasteiger partial charge in [-0.15, -0.1) is 0 Å². The number of hydrogen-bond donors (Lipinski definition) is 1. The predicted molar refractivity (Wildman–Crippen MR) is 130 cm³/mol. The number of aryl methyl sites for hydroxylation is 2. The van der Waals surface area contributed by atoms with E-state index in [-0.39, 0.29) is 23.7 Å². The molecular formula is C27H29F3N4O2. The third kappa shape index (κ3) is 4.70. The van der Waals surface area contributed by atoms with Crippen molar-refractivity contribution < 1.29 is 22.8 Å². The molecule has 2 aromatic carbocycles. The molecule has 2 fully saturated rings. The minimum atomic E-state index is -4.67. The second-order valence-electron chi connectivity index (χ2n) is 9.89. The molecule has 2 heterocycles. The number of carbonyl (C=O) groups excluding carboxylic acids is 2. The van der Waals surface area contributed by atoms with Crippen molar-refractivity contribution in [2.24, 2.45) is 11.3 Å². The second kappa shape index (κ2) is 9.58. The first-order valence-electron chi connectivity index (χ1n) is 12.0. The number of anilines is 2. The number of likely N-dealkylation sites (tertiary alicyclic amines) is 1. The highest BCUT2D eigenvalue weighted by Crippen LogP contribution is 2.43. The Balaban J connectivity index is 1.74. The third-order valence-corrected chi connectivity index (χ3v) is 7.42. The van der Waals surface area contributed by atoms with E-state index in [0.717, 1.165) is 54.9 Å². The van der Waals surface area contributed by atoms with Crippen molar-refractivity contribution in [2.75, 3.05) is 36.4 Å². The van der Waals surface area contributed by atoms with E-state index in [4.69, 9.17) is 0 Å². The van der Waals surface area contributed by atoms with Crippen LogP contribution in [0.2, 0.25) is 0 Å². The van der Waals surface area contributed by atoms with Gasteiger partial charge in [-0.05, 0) is 69.1 Å². The molecular weight excluding hydrogens is 469 g/mol. The fourth-order valence-corrected chi connectivity index (χ4v) is 5.44. The Morgan fingerprint density at radius 3 is 2.39 bits per heavy atom. The number of nitrogens with zero attached hydrogens (tertiary/aromatic N) is 3. The maximum atomic E-state index is 13.9. The number of nitrogens with one attached hydrogen (secondary N) is 1. The molecule has 0 aliphatic carbocycles. The summed E-state index contributed by atoms with van der Waals surface area (Å²) in [4.78, 5) is 31.3. The van der Waals surface area contributed by atoms with Gasteiger partial charge in [-0.3, -0.25) is 9.59 Å². The van der Waals surface area contributed by atoms with Crippen LogP contribution in [0.3, 0.4) is 0 Å². The molecule has 0 saturated carbocycles. The third-order valence-electron chi connectivity index (χ3n) is 7.42. The van der Waals surface area contributed by atoms with E-state index < -0.39 is 29.0 Å². The number of rotatable bonds is 5. The molecule has 9 heteroatoms. The zero-order valence-corrected chi connectivity index (χ0v) is 20.6. The van der Waals surface area contributed by atoms with E-state index in [1.54, 1.807) is 17.9 Å². The lowest BCUT2D eigenvalue weighted by Gasteiger charge is -2.34. The minimum Gasteiger partial charge on any atom is -0.325 e. The highest BCUT2D eigenvalue weighted by Gasteiger charge is 2.56. The number of para-hydroxylation sites is 1. The SMILES string of the molecule is Cc1cccc(C)c1N1C[C@@](CN2CCCC2)(C(=O)Nc2cc(C#N)cc(C(F)(F)F)c2)[C@H](C)C1=O. The van der Waals surface area contributed by atoms with Crippen molar-refractivity contribution in [1.82, 2.24) is 4.90 Å². The van der Waals surface area contributed by atoms with Crippen LogP contribution in [0.5, 0.6) is 0 Å².